The summed E-state index contributed by atoms with van der Waals surface area (Å²) in [5.41, 5.74) is 1.67. The molecule has 0 radical (unpaired) electrons. The van der Waals surface area contributed by atoms with Crippen molar-refractivity contribution in [2.24, 2.45) is 5.41 Å². The molecule has 1 N–H and O–H groups in total. The molecule has 0 saturated carbocycles. The number of carboxylic acid groups (broad SMARTS) is 1. The minimum atomic E-state index is -0.756. The van der Waals surface area contributed by atoms with E-state index in [0.717, 1.165) is 24.2 Å². The topological polar surface area (TPSA) is 54.7 Å². The molecule has 0 spiro atoms. The van der Waals surface area contributed by atoms with Gasteiger partial charge in [0.05, 0.1) is 12.5 Å². The Bertz CT molecular complexity index is 717. The molecule has 0 atom stereocenters. The molecule has 0 unspecified atom stereocenters. The van der Waals surface area contributed by atoms with Crippen molar-refractivity contribution in [1.82, 2.24) is 9.47 Å². The third-order valence-electron chi connectivity index (χ3n) is 4.56. The lowest BCUT2D eigenvalue weighted by molar-refractivity contribution is -0.147. The molecule has 132 valence electrons. The van der Waals surface area contributed by atoms with Crippen LogP contribution in [0.1, 0.15) is 25.8 Å². The molecule has 1 aromatic carbocycles. The monoisotopic (exact) mass is 332 g/mol. The van der Waals surface area contributed by atoms with E-state index in [4.69, 9.17) is 4.74 Å². The smallest absolute Gasteiger partial charge is 0.309 e. The Kier molecular flexibility index (Phi) is 5.54. The first-order chi connectivity index (χ1) is 11.2. The Hall–Kier alpha value is -2.01. The van der Waals surface area contributed by atoms with Gasteiger partial charge in [-0.25, -0.2) is 0 Å². The van der Waals surface area contributed by atoms with Crippen LogP contribution < -0.4 is 4.74 Å². The average molecular weight is 332 g/mol. The highest BCUT2D eigenvalue weighted by atomic mass is 16.5. The Balaban J connectivity index is 2.34. The molecule has 5 nitrogen and oxygen atoms in total. The first-order valence-electron chi connectivity index (χ1n) is 8.28. The van der Waals surface area contributed by atoms with Gasteiger partial charge in [-0.2, -0.15) is 0 Å². The van der Waals surface area contributed by atoms with E-state index in [9.17, 15) is 9.90 Å². The lowest BCUT2D eigenvalue weighted by Gasteiger charge is -2.19. The van der Waals surface area contributed by atoms with Gasteiger partial charge in [0, 0.05) is 30.2 Å². The number of rotatable bonds is 8. The number of aryl methyl sites for hydroxylation is 1. The van der Waals surface area contributed by atoms with Crippen LogP contribution in [0.3, 0.4) is 0 Å². The molecule has 0 bridgehead atoms. The summed E-state index contributed by atoms with van der Waals surface area (Å²) < 4.78 is 7.53. The summed E-state index contributed by atoms with van der Waals surface area (Å²) in [6.45, 7) is 5.20. The summed E-state index contributed by atoms with van der Waals surface area (Å²) in [7, 11) is 5.80. The van der Waals surface area contributed by atoms with E-state index in [2.05, 4.69) is 41.9 Å². The van der Waals surface area contributed by atoms with Crippen LogP contribution in [0.4, 0.5) is 0 Å². The first-order valence-corrected chi connectivity index (χ1v) is 8.28. The minimum Gasteiger partial charge on any atom is -0.497 e. The minimum absolute atomic E-state index is 0.589. The number of carboxylic acids is 1. The number of aromatic nitrogens is 1. The van der Waals surface area contributed by atoms with Crippen molar-refractivity contribution >= 4 is 16.9 Å². The van der Waals surface area contributed by atoms with E-state index < -0.39 is 11.4 Å². The number of ether oxygens (including phenoxy) is 1. The molecule has 2 aromatic rings. The summed E-state index contributed by atoms with van der Waals surface area (Å²) in [5.74, 6) is 0.0886. The van der Waals surface area contributed by atoms with E-state index >= 15 is 0 Å². The Labute approximate surface area is 143 Å². The number of fused-ring (bicyclic) bond motifs is 1. The molecule has 0 aliphatic carbocycles. The molecular formula is C19H28N2O3. The van der Waals surface area contributed by atoms with Gasteiger partial charge in [0.2, 0.25) is 0 Å². The molecule has 0 aliphatic rings. The summed E-state index contributed by atoms with van der Waals surface area (Å²) in [5, 5.41) is 10.5. The van der Waals surface area contributed by atoms with E-state index in [1.807, 2.05) is 6.07 Å². The van der Waals surface area contributed by atoms with Crippen LogP contribution in [0.15, 0.2) is 24.4 Å². The molecule has 0 fully saturated rings. The van der Waals surface area contributed by atoms with Gasteiger partial charge in [0.15, 0.2) is 0 Å². The molecule has 0 saturated heterocycles. The van der Waals surface area contributed by atoms with Crippen LogP contribution in [-0.4, -0.2) is 48.3 Å². The highest BCUT2D eigenvalue weighted by Gasteiger charge is 2.27. The maximum atomic E-state index is 11.3. The third kappa shape index (κ3) is 4.09. The Morgan fingerprint density at radius 2 is 2.04 bits per heavy atom. The summed E-state index contributed by atoms with van der Waals surface area (Å²) in [6, 6.07) is 6.08. The molecule has 0 amide bonds. The van der Waals surface area contributed by atoms with Crippen molar-refractivity contribution in [3.63, 3.8) is 0 Å². The van der Waals surface area contributed by atoms with Crippen molar-refractivity contribution < 1.29 is 14.6 Å². The average Bonchev–Trinajstić information content (AvgIpc) is 2.88. The second-order valence-corrected chi connectivity index (χ2v) is 7.22. The number of likely N-dealkylation sites (N-methyl/N-ethyl adjacent to an activating group) is 1. The van der Waals surface area contributed by atoms with Crippen molar-refractivity contribution in [1.29, 1.82) is 0 Å². The fraction of sp³-hybridized carbons (Fsp3) is 0.526. The van der Waals surface area contributed by atoms with Crippen molar-refractivity contribution in [3.8, 4) is 5.75 Å². The Morgan fingerprint density at radius 1 is 1.33 bits per heavy atom. The van der Waals surface area contributed by atoms with Crippen molar-refractivity contribution in [2.75, 3.05) is 27.7 Å². The quantitative estimate of drug-likeness (QED) is 0.806. The lowest BCUT2D eigenvalue weighted by Crippen LogP contribution is -2.25. The van der Waals surface area contributed by atoms with Crippen LogP contribution in [0.25, 0.3) is 10.9 Å². The lowest BCUT2D eigenvalue weighted by atomic mass is 9.89. The first kappa shape index (κ1) is 18.3. The van der Waals surface area contributed by atoms with Gasteiger partial charge in [-0.05, 0) is 64.5 Å². The SMILES string of the molecule is COc1ccc2c(c1)c(CCN(C)C)cn2CCC(C)(C)C(=O)O. The van der Waals surface area contributed by atoms with Crippen LogP contribution in [-0.2, 0) is 17.8 Å². The van der Waals surface area contributed by atoms with E-state index in [1.54, 1.807) is 21.0 Å². The second kappa shape index (κ2) is 7.26. The highest BCUT2D eigenvalue weighted by molar-refractivity contribution is 5.85. The van der Waals surface area contributed by atoms with E-state index in [1.165, 1.54) is 10.9 Å². The van der Waals surface area contributed by atoms with Gasteiger partial charge in [-0.15, -0.1) is 0 Å². The van der Waals surface area contributed by atoms with Crippen LogP contribution in [0, 0.1) is 5.41 Å². The molecule has 5 heteroatoms. The molecular weight excluding hydrogens is 304 g/mol. The molecule has 0 aliphatic heterocycles. The van der Waals surface area contributed by atoms with Crippen molar-refractivity contribution in [3.05, 3.63) is 30.0 Å². The zero-order valence-electron chi connectivity index (χ0n) is 15.3. The van der Waals surface area contributed by atoms with E-state index in [0.29, 0.717) is 13.0 Å². The summed E-state index contributed by atoms with van der Waals surface area (Å²) in [4.78, 5) is 13.5. The van der Waals surface area contributed by atoms with Gasteiger partial charge in [0.1, 0.15) is 5.75 Å². The molecule has 1 heterocycles. The number of aliphatic carboxylic acids is 1. The van der Waals surface area contributed by atoms with Gasteiger partial charge in [-0.3, -0.25) is 4.79 Å². The van der Waals surface area contributed by atoms with Crippen molar-refractivity contribution in [2.45, 2.75) is 33.2 Å². The fourth-order valence-corrected chi connectivity index (χ4v) is 2.71. The summed E-state index contributed by atoms with van der Waals surface area (Å²) in [6.07, 6.45) is 3.70. The van der Waals surface area contributed by atoms with Gasteiger partial charge in [0.25, 0.3) is 0 Å². The number of carbonyl (C=O) groups is 1. The molecule has 1 aromatic heterocycles. The zero-order chi connectivity index (χ0) is 17.9. The number of benzene rings is 1. The number of methoxy groups -OCH3 is 1. The summed E-state index contributed by atoms with van der Waals surface area (Å²) >= 11 is 0. The van der Waals surface area contributed by atoms with Crippen LogP contribution >= 0.6 is 0 Å². The van der Waals surface area contributed by atoms with Gasteiger partial charge in [-0.1, -0.05) is 0 Å². The standard InChI is InChI=1S/C19H28N2O3/c1-19(2,18(22)23)9-11-21-13-14(8-10-20(3)4)16-12-15(24-5)6-7-17(16)21/h6-7,12-13H,8-11H2,1-5H3,(H,22,23). The van der Waals surface area contributed by atoms with Crippen LogP contribution in [0.5, 0.6) is 5.75 Å². The normalized spacial score (nSPS) is 12.1. The zero-order valence-corrected chi connectivity index (χ0v) is 15.3. The van der Waals surface area contributed by atoms with Gasteiger partial charge >= 0.3 is 5.97 Å². The fourth-order valence-electron chi connectivity index (χ4n) is 2.71. The van der Waals surface area contributed by atoms with Crippen LogP contribution in [0.2, 0.25) is 0 Å². The Morgan fingerprint density at radius 3 is 2.62 bits per heavy atom. The molecule has 2 rings (SSSR count). The van der Waals surface area contributed by atoms with Gasteiger partial charge < -0.3 is 19.3 Å². The maximum absolute atomic E-state index is 11.3. The predicted octanol–water partition coefficient (Wildman–Crippen LogP) is 3.25. The number of hydrogen-bond donors (Lipinski definition) is 1. The third-order valence-corrected chi connectivity index (χ3v) is 4.56. The second-order valence-electron chi connectivity index (χ2n) is 7.22. The predicted molar refractivity (Wildman–Crippen MR) is 96.8 cm³/mol. The number of nitrogens with zero attached hydrogens (tertiary/aromatic N) is 2. The number of hydrogen-bond acceptors (Lipinski definition) is 3. The molecule has 24 heavy (non-hydrogen) atoms. The largest absolute Gasteiger partial charge is 0.497 e. The van der Waals surface area contributed by atoms with E-state index in [-0.39, 0.29) is 0 Å². The highest BCUT2D eigenvalue weighted by Crippen LogP contribution is 2.29. The maximum Gasteiger partial charge on any atom is 0.309 e.